The van der Waals surface area contributed by atoms with Crippen LogP contribution in [0.3, 0.4) is 0 Å². The molecule has 1 aromatic heterocycles. The normalized spacial score (nSPS) is 23.4. The Kier molecular flexibility index (Phi) is 4.58. The number of hydrogen-bond acceptors (Lipinski definition) is 3. The topological polar surface area (TPSA) is 50.2 Å². The minimum absolute atomic E-state index is 0.358. The van der Waals surface area contributed by atoms with Crippen molar-refractivity contribution in [3.8, 4) is 0 Å². The van der Waals surface area contributed by atoms with E-state index in [0.29, 0.717) is 18.4 Å². The Hall–Kier alpha value is -1.36. The van der Waals surface area contributed by atoms with E-state index >= 15 is 0 Å². The van der Waals surface area contributed by atoms with Gasteiger partial charge in [-0.2, -0.15) is 0 Å². The summed E-state index contributed by atoms with van der Waals surface area (Å²) in [6, 6.07) is 0.474. The molecule has 0 bridgehead atoms. The second-order valence-electron chi connectivity index (χ2n) is 6.43. The molecule has 5 heteroatoms. The molecule has 2 fully saturated rings. The Labute approximate surface area is 126 Å². The molecule has 1 saturated heterocycles. The molecule has 0 aromatic carbocycles. The SMILES string of the molecule is Cc1nccn1CCNC1CCC(=O)N(CC2CC2)CC1. The van der Waals surface area contributed by atoms with Crippen LogP contribution in [0.15, 0.2) is 12.4 Å². The molecule has 3 rings (SSSR count). The predicted molar refractivity (Wildman–Crippen MR) is 81.9 cm³/mol. The first kappa shape index (κ1) is 14.6. The van der Waals surface area contributed by atoms with E-state index in [-0.39, 0.29) is 0 Å². The fourth-order valence-corrected chi connectivity index (χ4v) is 3.08. The summed E-state index contributed by atoms with van der Waals surface area (Å²) >= 11 is 0. The minimum atomic E-state index is 0.358. The van der Waals surface area contributed by atoms with Gasteiger partial charge in [0.25, 0.3) is 0 Å². The largest absolute Gasteiger partial charge is 0.342 e. The van der Waals surface area contributed by atoms with Gasteiger partial charge in [0.2, 0.25) is 5.91 Å². The summed E-state index contributed by atoms with van der Waals surface area (Å²) in [7, 11) is 0. The predicted octanol–water partition coefficient (Wildman–Crippen LogP) is 1.57. The van der Waals surface area contributed by atoms with Gasteiger partial charge in [-0.3, -0.25) is 4.79 Å². The van der Waals surface area contributed by atoms with Crippen LogP contribution in [-0.4, -0.2) is 46.0 Å². The summed E-state index contributed by atoms with van der Waals surface area (Å²) in [6.45, 7) is 5.84. The molecule has 0 spiro atoms. The van der Waals surface area contributed by atoms with Crippen LogP contribution >= 0.6 is 0 Å². The van der Waals surface area contributed by atoms with Gasteiger partial charge < -0.3 is 14.8 Å². The van der Waals surface area contributed by atoms with E-state index in [1.54, 1.807) is 0 Å². The molecular weight excluding hydrogens is 264 g/mol. The smallest absolute Gasteiger partial charge is 0.222 e. The lowest BCUT2D eigenvalue weighted by Gasteiger charge is -2.21. The quantitative estimate of drug-likeness (QED) is 0.865. The maximum absolute atomic E-state index is 12.1. The highest BCUT2D eigenvalue weighted by atomic mass is 16.2. The average Bonchev–Trinajstić information content (AvgIpc) is 3.23. The second-order valence-corrected chi connectivity index (χ2v) is 6.43. The molecule has 1 saturated carbocycles. The third kappa shape index (κ3) is 4.06. The Morgan fingerprint density at radius 2 is 2.19 bits per heavy atom. The average molecular weight is 290 g/mol. The molecule has 116 valence electrons. The molecular formula is C16H26N4O. The zero-order valence-corrected chi connectivity index (χ0v) is 12.9. The van der Waals surface area contributed by atoms with Gasteiger partial charge in [-0.1, -0.05) is 0 Å². The van der Waals surface area contributed by atoms with Gasteiger partial charge in [-0.15, -0.1) is 0 Å². The van der Waals surface area contributed by atoms with Gasteiger partial charge in [0.05, 0.1) is 0 Å². The molecule has 2 heterocycles. The van der Waals surface area contributed by atoms with Crippen LogP contribution < -0.4 is 5.32 Å². The third-order valence-electron chi connectivity index (χ3n) is 4.69. The molecule has 2 aliphatic rings. The van der Waals surface area contributed by atoms with Crippen molar-refractivity contribution in [2.24, 2.45) is 5.92 Å². The Morgan fingerprint density at radius 1 is 1.33 bits per heavy atom. The molecule has 1 N–H and O–H groups in total. The van der Waals surface area contributed by atoms with Gasteiger partial charge >= 0.3 is 0 Å². The molecule has 1 aromatic rings. The zero-order chi connectivity index (χ0) is 14.7. The summed E-state index contributed by atoms with van der Waals surface area (Å²) < 4.78 is 2.16. The van der Waals surface area contributed by atoms with Gasteiger partial charge in [-0.05, 0) is 38.5 Å². The molecule has 21 heavy (non-hydrogen) atoms. The third-order valence-corrected chi connectivity index (χ3v) is 4.69. The van der Waals surface area contributed by atoms with Crippen LogP contribution in [0.5, 0.6) is 0 Å². The van der Waals surface area contributed by atoms with Crippen LogP contribution in [0.4, 0.5) is 0 Å². The molecule has 1 atom stereocenters. The van der Waals surface area contributed by atoms with Crippen molar-refractivity contribution >= 4 is 5.91 Å². The summed E-state index contributed by atoms with van der Waals surface area (Å²) in [5.41, 5.74) is 0. The molecule has 5 nitrogen and oxygen atoms in total. The van der Waals surface area contributed by atoms with E-state index in [0.717, 1.165) is 50.8 Å². The van der Waals surface area contributed by atoms with E-state index in [2.05, 4.69) is 19.8 Å². The highest BCUT2D eigenvalue weighted by Crippen LogP contribution is 2.30. The van der Waals surface area contributed by atoms with Crippen LogP contribution in [0.1, 0.15) is 37.9 Å². The number of aromatic nitrogens is 2. The maximum Gasteiger partial charge on any atom is 0.222 e. The number of nitrogens with one attached hydrogen (secondary N) is 1. The summed E-state index contributed by atoms with van der Waals surface area (Å²) in [6.07, 6.45) is 9.25. The highest BCUT2D eigenvalue weighted by Gasteiger charge is 2.28. The Balaban J connectivity index is 1.42. The number of amides is 1. The first-order valence-electron chi connectivity index (χ1n) is 8.21. The van der Waals surface area contributed by atoms with Gasteiger partial charge in [0, 0.05) is 51.0 Å². The van der Waals surface area contributed by atoms with Crippen molar-refractivity contribution in [1.82, 2.24) is 19.8 Å². The molecule has 1 unspecified atom stereocenters. The van der Waals surface area contributed by atoms with Crippen molar-refractivity contribution < 1.29 is 4.79 Å². The lowest BCUT2D eigenvalue weighted by atomic mass is 10.1. The highest BCUT2D eigenvalue weighted by molar-refractivity contribution is 5.76. The minimum Gasteiger partial charge on any atom is -0.342 e. The van der Waals surface area contributed by atoms with E-state index < -0.39 is 0 Å². The molecule has 0 radical (unpaired) electrons. The van der Waals surface area contributed by atoms with Crippen molar-refractivity contribution in [1.29, 1.82) is 0 Å². The summed E-state index contributed by atoms with van der Waals surface area (Å²) in [5.74, 6) is 2.21. The fraction of sp³-hybridized carbons (Fsp3) is 0.750. The van der Waals surface area contributed by atoms with Crippen molar-refractivity contribution in [2.75, 3.05) is 19.6 Å². The van der Waals surface area contributed by atoms with Crippen LogP contribution in [0, 0.1) is 12.8 Å². The number of hydrogen-bond donors (Lipinski definition) is 1. The van der Waals surface area contributed by atoms with E-state index in [9.17, 15) is 4.79 Å². The Bertz CT molecular complexity index is 480. The van der Waals surface area contributed by atoms with Gasteiger partial charge in [0.15, 0.2) is 0 Å². The number of rotatable bonds is 6. The zero-order valence-electron chi connectivity index (χ0n) is 12.9. The Morgan fingerprint density at radius 3 is 2.90 bits per heavy atom. The molecule has 1 aliphatic heterocycles. The van der Waals surface area contributed by atoms with Crippen molar-refractivity contribution in [3.05, 3.63) is 18.2 Å². The number of imidazole rings is 1. The van der Waals surface area contributed by atoms with Crippen LogP contribution in [-0.2, 0) is 11.3 Å². The first-order chi connectivity index (χ1) is 10.2. The molecule has 1 amide bonds. The fourth-order valence-electron chi connectivity index (χ4n) is 3.08. The van der Waals surface area contributed by atoms with E-state index in [4.69, 9.17) is 0 Å². The van der Waals surface area contributed by atoms with Crippen LogP contribution in [0.25, 0.3) is 0 Å². The summed E-state index contributed by atoms with van der Waals surface area (Å²) in [5, 5.41) is 3.61. The number of carbonyl (C=O) groups is 1. The lowest BCUT2D eigenvalue weighted by Crippen LogP contribution is -2.34. The summed E-state index contributed by atoms with van der Waals surface area (Å²) in [4.78, 5) is 18.4. The van der Waals surface area contributed by atoms with E-state index in [1.807, 2.05) is 19.3 Å². The standard InChI is InChI=1S/C16H26N4O/c1-13-17-7-10-19(13)11-8-18-15-4-5-16(21)20(9-6-15)12-14-2-3-14/h7,10,14-15,18H,2-6,8-9,11-12H2,1H3. The number of nitrogens with zero attached hydrogens (tertiary/aromatic N) is 3. The number of carbonyl (C=O) groups excluding carboxylic acids is 1. The maximum atomic E-state index is 12.1. The van der Waals surface area contributed by atoms with Crippen LogP contribution in [0.2, 0.25) is 0 Å². The van der Waals surface area contributed by atoms with Gasteiger partial charge in [-0.25, -0.2) is 4.98 Å². The monoisotopic (exact) mass is 290 g/mol. The second kappa shape index (κ2) is 6.60. The lowest BCUT2D eigenvalue weighted by molar-refractivity contribution is -0.130. The molecule has 1 aliphatic carbocycles. The van der Waals surface area contributed by atoms with Gasteiger partial charge in [0.1, 0.15) is 5.82 Å². The van der Waals surface area contributed by atoms with Crippen molar-refractivity contribution in [3.63, 3.8) is 0 Å². The number of aryl methyl sites for hydroxylation is 1. The van der Waals surface area contributed by atoms with Crippen molar-refractivity contribution in [2.45, 2.75) is 51.6 Å². The van der Waals surface area contributed by atoms with E-state index in [1.165, 1.54) is 12.8 Å². The number of likely N-dealkylation sites (tertiary alicyclic amines) is 1. The first-order valence-corrected chi connectivity index (χ1v) is 8.21.